The molecule has 94 valence electrons. The molecule has 0 radical (unpaired) electrons. The third-order valence-electron chi connectivity index (χ3n) is 3.15. The minimum Gasteiger partial charge on any atom is -0.399 e. The molecular formula is C13H14FN3O. The highest BCUT2D eigenvalue weighted by Gasteiger charge is 2.25. The molecule has 18 heavy (non-hydrogen) atoms. The Morgan fingerprint density at radius 2 is 2.06 bits per heavy atom. The first-order valence-electron chi connectivity index (χ1n) is 5.96. The van der Waals surface area contributed by atoms with E-state index in [1.165, 1.54) is 12.1 Å². The number of nitrogens with zero attached hydrogens (tertiary/aromatic N) is 2. The van der Waals surface area contributed by atoms with Crippen LogP contribution in [-0.2, 0) is 6.54 Å². The monoisotopic (exact) mass is 247 g/mol. The largest absolute Gasteiger partial charge is 0.399 e. The van der Waals surface area contributed by atoms with E-state index in [0.29, 0.717) is 23.8 Å². The van der Waals surface area contributed by atoms with Crippen LogP contribution in [0.3, 0.4) is 0 Å². The Bertz CT molecular complexity index is 620. The summed E-state index contributed by atoms with van der Waals surface area (Å²) in [6, 6.07) is 4.71. The van der Waals surface area contributed by atoms with Crippen LogP contribution >= 0.6 is 0 Å². The molecule has 0 bridgehead atoms. The minimum atomic E-state index is -0.375. The van der Waals surface area contributed by atoms with Crippen molar-refractivity contribution in [2.24, 2.45) is 0 Å². The number of imidazole rings is 1. The molecule has 1 fully saturated rings. The molecule has 4 nitrogen and oxygen atoms in total. The lowest BCUT2D eigenvalue weighted by atomic mass is 10.2. The molecule has 1 aliphatic rings. The fourth-order valence-electron chi connectivity index (χ4n) is 2.14. The van der Waals surface area contributed by atoms with Gasteiger partial charge in [-0.25, -0.2) is 9.18 Å². The Hall–Kier alpha value is -2.04. The predicted molar refractivity (Wildman–Crippen MR) is 66.9 cm³/mol. The first-order valence-corrected chi connectivity index (χ1v) is 5.96. The summed E-state index contributed by atoms with van der Waals surface area (Å²) in [5.41, 5.74) is 6.61. The molecule has 1 heterocycles. The van der Waals surface area contributed by atoms with Crippen LogP contribution in [0.1, 0.15) is 24.4 Å². The van der Waals surface area contributed by atoms with Crippen molar-refractivity contribution in [2.45, 2.75) is 25.4 Å². The zero-order valence-electron chi connectivity index (χ0n) is 9.84. The lowest BCUT2D eigenvalue weighted by molar-refractivity contribution is 0.620. The summed E-state index contributed by atoms with van der Waals surface area (Å²) >= 11 is 0. The van der Waals surface area contributed by atoms with Gasteiger partial charge in [-0.05, 0) is 36.6 Å². The number of hydrogen-bond donors (Lipinski definition) is 1. The van der Waals surface area contributed by atoms with Crippen molar-refractivity contribution < 1.29 is 4.39 Å². The molecule has 0 aliphatic heterocycles. The van der Waals surface area contributed by atoms with Gasteiger partial charge >= 0.3 is 5.69 Å². The average Bonchev–Trinajstić information content (AvgIpc) is 3.05. The van der Waals surface area contributed by atoms with Gasteiger partial charge in [0, 0.05) is 24.1 Å². The topological polar surface area (TPSA) is 52.9 Å². The van der Waals surface area contributed by atoms with Gasteiger partial charge in [0.15, 0.2) is 0 Å². The van der Waals surface area contributed by atoms with E-state index in [2.05, 4.69) is 0 Å². The maximum atomic E-state index is 13.2. The number of rotatable bonds is 3. The van der Waals surface area contributed by atoms with Gasteiger partial charge in [0.05, 0.1) is 6.54 Å². The minimum absolute atomic E-state index is 0.0414. The molecule has 1 aromatic heterocycles. The highest BCUT2D eigenvalue weighted by molar-refractivity contribution is 5.41. The van der Waals surface area contributed by atoms with E-state index in [9.17, 15) is 9.18 Å². The number of nitrogens with two attached hydrogens (primary N) is 1. The van der Waals surface area contributed by atoms with Gasteiger partial charge < -0.3 is 5.73 Å². The third kappa shape index (κ3) is 2.03. The summed E-state index contributed by atoms with van der Waals surface area (Å²) in [5, 5.41) is 0. The van der Waals surface area contributed by atoms with Gasteiger partial charge in [0.1, 0.15) is 5.82 Å². The highest BCUT2D eigenvalue weighted by Crippen LogP contribution is 2.33. The van der Waals surface area contributed by atoms with E-state index in [1.807, 2.05) is 0 Å². The van der Waals surface area contributed by atoms with E-state index in [4.69, 9.17) is 5.73 Å². The lowest BCUT2D eigenvalue weighted by Gasteiger charge is -2.04. The van der Waals surface area contributed by atoms with E-state index >= 15 is 0 Å². The quantitative estimate of drug-likeness (QED) is 0.840. The van der Waals surface area contributed by atoms with Crippen LogP contribution in [0.25, 0.3) is 0 Å². The standard InChI is InChI=1S/C13H14FN3O/c14-10-5-9(6-11(15)7-10)8-16-3-4-17(13(16)18)12-1-2-12/h3-7,12H,1-2,8,15H2. The molecule has 0 unspecified atom stereocenters. The zero-order chi connectivity index (χ0) is 12.7. The number of halogens is 1. The number of nitrogen functional groups attached to an aromatic ring is 1. The van der Waals surface area contributed by atoms with Crippen molar-refractivity contribution in [3.8, 4) is 0 Å². The summed E-state index contributed by atoms with van der Waals surface area (Å²) in [5.74, 6) is -0.375. The third-order valence-corrected chi connectivity index (χ3v) is 3.15. The smallest absolute Gasteiger partial charge is 0.328 e. The van der Waals surface area contributed by atoms with Crippen LogP contribution in [-0.4, -0.2) is 9.13 Å². The average molecular weight is 247 g/mol. The highest BCUT2D eigenvalue weighted by atomic mass is 19.1. The molecule has 2 N–H and O–H groups in total. The Balaban J connectivity index is 1.89. The molecule has 0 amide bonds. The molecule has 0 atom stereocenters. The van der Waals surface area contributed by atoms with E-state index in [-0.39, 0.29) is 11.5 Å². The molecule has 1 aliphatic carbocycles. The van der Waals surface area contributed by atoms with Crippen molar-refractivity contribution in [2.75, 3.05) is 5.73 Å². The number of hydrogen-bond acceptors (Lipinski definition) is 2. The molecular weight excluding hydrogens is 233 g/mol. The molecule has 5 heteroatoms. The first kappa shape index (κ1) is 11.1. The normalized spacial score (nSPS) is 14.9. The van der Waals surface area contributed by atoms with Gasteiger partial charge in [0.25, 0.3) is 0 Å². The second-order valence-electron chi connectivity index (χ2n) is 4.74. The first-order chi connectivity index (χ1) is 8.63. The molecule has 1 saturated carbocycles. The molecule has 0 spiro atoms. The van der Waals surface area contributed by atoms with Crippen molar-refractivity contribution in [1.82, 2.24) is 9.13 Å². The number of aromatic nitrogens is 2. The second-order valence-corrected chi connectivity index (χ2v) is 4.74. The molecule has 1 aromatic carbocycles. The Morgan fingerprint density at radius 3 is 2.72 bits per heavy atom. The number of benzene rings is 1. The van der Waals surface area contributed by atoms with Gasteiger partial charge in [0.2, 0.25) is 0 Å². The van der Waals surface area contributed by atoms with Crippen LogP contribution in [0.5, 0.6) is 0 Å². The maximum absolute atomic E-state index is 13.2. The summed E-state index contributed by atoms with van der Waals surface area (Å²) in [7, 11) is 0. The van der Waals surface area contributed by atoms with Crippen LogP contribution in [0, 0.1) is 5.82 Å². The van der Waals surface area contributed by atoms with Gasteiger partial charge in [-0.2, -0.15) is 0 Å². The second kappa shape index (κ2) is 4.01. The summed E-state index contributed by atoms with van der Waals surface area (Å²) in [6.45, 7) is 0.348. The van der Waals surface area contributed by atoms with Crippen molar-refractivity contribution in [3.05, 3.63) is 52.5 Å². The van der Waals surface area contributed by atoms with Gasteiger partial charge in [-0.3, -0.25) is 9.13 Å². The van der Waals surface area contributed by atoms with Crippen LogP contribution in [0.4, 0.5) is 10.1 Å². The maximum Gasteiger partial charge on any atom is 0.328 e. The SMILES string of the molecule is Nc1cc(F)cc(Cn2ccn(C3CC3)c2=O)c1. The summed E-state index contributed by atoms with van der Waals surface area (Å²) < 4.78 is 16.5. The zero-order valence-corrected chi connectivity index (χ0v) is 9.84. The van der Waals surface area contributed by atoms with Crippen molar-refractivity contribution in [3.63, 3.8) is 0 Å². The van der Waals surface area contributed by atoms with Crippen molar-refractivity contribution in [1.29, 1.82) is 0 Å². The fraction of sp³-hybridized carbons (Fsp3) is 0.308. The lowest BCUT2D eigenvalue weighted by Crippen LogP contribution is -2.23. The van der Waals surface area contributed by atoms with Gasteiger partial charge in [-0.1, -0.05) is 0 Å². The van der Waals surface area contributed by atoms with Crippen LogP contribution in [0.15, 0.2) is 35.4 Å². The van der Waals surface area contributed by atoms with Crippen molar-refractivity contribution >= 4 is 5.69 Å². The Kier molecular flexibility index (Phi) is 2.47. The Labute approximate surface area is 103 Å². The Morgan fingerprint density at radius 1 is 1.28 bits per heavy atom. The summed E-state index contributed by atoms with van der Waals surface area (Å²) in [4.78, 5) is 12.0. The van der Waals surface area contributed by atoms with Crippen LogP contribution in [0.2, 0.25) is 0 Å². The predicted octanol–water partition coefficient (Wildman–Crippen LogP) is 1.75. The summed E-state index contributed by atoms with van der Waals surface area (Å²) in [6.07, 6.45) is 5.66. The van der Waals surface area contributed by atoms with E-state index in [0.717, 1.165) is 12.8 Å². The van der Waals surface area contributed by atoms with E-state index in [1.54, 1.807) is 27.6 Å². The fourth-order valence-corrected chi connectivity index (χ4v) is 2.14. The van der Waals surface area contributed by atoms with Gasteiger partial charge in [-0.15, -0.1) is 0 Å². The molecule has 0 saturated heterocycles. The van der Waals surface area contributed by atoms with E-state index < -0.39 is 0 Å². The molecule has 3 rings (SSSR count). The molecule has 2 aromatic rings. The van der Waals surface area contributed by atoms with Crippen LogP contribution < -0.4 is 11.4 Å². The number of anilines is 1.